The van der Waals surface area contributed by atoms with Crippen LogP contribution in [0, 0.1) is 0 Å². The highest BCUT2D eigenvalue weighted by molar-refractivity contribution is 6.34. The Balaban J connectivity index is 2.70. The molecule has 2 aromatic rings. The first-order valence-electron chi connectivity index (χ1n) is 7.68. The number of carbonyl (C=O) groups excluding carboxylic acids is 1. The number of anilines is 1. The summed E-state index contributed by atoms with van der Waals surface area (Å²) in [6.45, 7) is 3.69. The number of amides is 1. The molecule has 0 spiro atoms. The molecule has 138 valence electrons. The summed E-state index contributed by atoms with van der Waals surface area (Å²) < 4.78 is 46.1. The van der Waals surface area contributed by atoms with Gasteiger partial charge in [0.25, 0.3) is 0 Å². The standard InChI is InChI=1S/C18H16ClF3N2O2/c1-3-23-12-8-13(18(20,21)22)17(14(19)9-12)11-5-6-16(26-4-2)15(7-11)24-10-25/h3,5-10H,4H2,1-2H3,(H,24,25). The van der Waals surface area contributed by atoms with E-state index in [0.29, 0.717) is 18.8 Å². The van der Waals surface area contributed by atoms with Gasteiger partial charge in [-0.2, -0.15) is 13.2 Å². The zero-order valence-corrected chi connectivity index (χ0v) is 14.8. The van der Waals surface area contributed by atoms with Gasteiger partial charge < -0.3 is 10.1 Å². The molecule has 0 bridgehead atoms. The minimum atomic E-state index is -4.63. The highest BCUT2D eigenvalue weighted by Crippen LogP contribution is 2.44. The fourth-order valence-electron chi connectivity index (χ4n) is 2.48. The third kappa shape index (κ3) is 4.35. The van der Waals surface area contributed by atoms with Gasteiger partial charge in [-0.05, 0) is 43.7 Å². The number of hydrogen-bond acceptors (Lipinski definition) is 3. The number of aliphatic imine (C=N–C) groups is 1. The van der Waals surface area contributed by atoms with Crippen LogP contribution in [0.25, 0.3) is 11.1 Å². The predicted octanol–water partition coefficient (Wildman–Crippen LogP) is 5.72. The van der Waals surface area contributed by atoms with Crippen molar-refractivity contribution in [2.45, 2.75) is 20.0 Å². The normalized spacial score (nSPS) is 11.6. The Hall–Kier alpha value is -2.54. The molecule has 0 unspecified atom stereocenters. The van der Waals surface area contributed by atoms with Gasteiger partial charge in [0.15, 0.2) is 0 Å². The Bertz CT molecular complexity index is 836. The lowest BCUT2D eigenvalue weighted by Gasteiger charge is -2.17. The largest absolute Gasteiger partial charge is 0.492 e. The smallest absolute Gasteiger partial charge is 0.417 e. The zero-order valence-electron chi connectivity index (χ0n) is 14.0. The summed E-state index contributed by atoms with van der Waals surface area (Å²) >= 11 is 6.15. The summed E-state index contributed by atoms with van der Waals surface area (Å²) in [5, 5.41) is 2.33. The highest BCUT2D eigenvalue weighted by atomic mass is 35.5. The molecule has 2 aromatic carbocycles. The van der Waals surface area contributed by atoms with Gasteiger partial charge >= 0.3 is 6.18 Å². The molecular weight excluding hydrogens is 369 g/mol. The lowest BCUT2D eigenvalue weighted by molar-refractivity contribution is -0.137. The van der Waals surface area contributed by atoms with E-state index in [1.807, 2.05) is 0 Å². The van der Waals surface area contributed by atoms with E-state index in [2.05, 4.69) is 10.3 Å². The second-order valence-corrected chi connectivity index (χ2v) is 5.55. The fraction of sp³-hybridized carbons (Fsp3) is 0.222. The zero-order chi connectivity index (χ0) is 19.3. The van der Waals surface area contributed by atoms with Crippen molar-refractivity contribution in [1.29, 1.82) is 0 Å². The molecule has 0 saturated heterocycles. The second-order valence-electron chi connectivity index (χ2n) is 5.14. The molecule has 4 nitrogen and oxygen atoms in total. The van der Waals surface area contributed by atoms with Crippen LogP contribution in [0.2, 0.25) is 5.02 Å². The summed E-state index contributed by atoms with van der Waals surface area (Å²) in [6.07, 6.45) is -2.82. The van der Waals surface area contributed by atoms with Gasteiger partial charge in [0.1, 0.15) is 5.75 Å². The summed E-state index contributed by atoms with van der Waals surface area (Å²) in [4.78, 5) is 14.7. The number of halogens is 4. The third-order valence-electron chi connectivity index (χ3n) is 3.44. The van der Waals surface area contributed by atoms with Crippen molar-refractivity contribution in [2.75, 3.05) is 11.9 Å². The molecule has 0 fully saturated rings. The number of nitrogens with one attached hydrogen (secondary N) is 1. The van der Waals surface area contributed by atoms with Gasteiger partial charge in [0, 0.05) is 11.8 Å². The average Bonchev–Trinajstić information content (AvgIpc) is 2.56. The van der Waals surface area contributed by atoms with Crippen LogP contribution in [-0.2, 0) is 11.0 Å². The van der Waals surface area contributed by atoms with Crippen LogP contribution >= 0.6 is 11.6 Å². The lowest BCUT2D eigenvalue weighted by atomic mass is 9.97. The first kappa shape index (κ1) is 19.8. The van der Waals surface area contributed by atoms with Crippen molar-refractivity contribution in [3.8, 4) is 16.9 Å². The van der Waals surface area contributed by atoms with Crippen LogP contribution in [0.3, 0.4) is 0 Å². The van der Waals surface area contributed by atoms with E-state index in [0.717, 1.165) is 6.07 Å². The van der Waals surface area contributed by atoms with Crippen LogP contribution < -0.4 is 10.1 Å². The summed E-state index contributed by atoms with van der Waals surface area (Å²) in [5.41, 5.74) is -0.551. The van der Waals surface area contributed by atoms with Crippen molar-refractivity contribution in [2.24, 2.45) is 4.99 Å². The molecule has 0 saturated carbocycles. The number of ether oxygens (including phenoxy) is 1. The summed E-state index contributed by atoms with van der Waals surface area (Å²) in [5.74, 6) is 0.347. The minimum Gasteiger partial charge on any atom is -0.492 e. The van der Waals surface area contributed by atoms with Crippen LogP contribution in [0.4, 0.5) is 24.5 Å². The molecule has 1 N–H and O–H groups in total. The van der Waals surface area contributed by atoms with Crippen LogP contribution in [0.15, 0.2) is 35.3 Å². The first-order valence-corrected chi connectivity index (χ1v) is 8.06. The molecule has 0 aliphatic rings. The van der Waals surface area contributed by atoms with E-state index in [1.165, 1.54) is 30.5 Å². The molecular formula is C18H16ClF3N2O2. The Morgan fingerprint density at radius 1 is 1.27 bits per heavy atom. The Kier molecular flexibility index (Phi) is 6.26. The van der Waals surface area contributed by atoms with Crippen molar-refractivity contribution in [1.82, 2.24) is 0 Å². The Morgan fingerprint density at radius 3 is 2.58 bits per heavy atom. The van der Waals surface area contributed by atoms with E-state index in [4.69, 9.17) is 16.3 Å². The quantitative estimate of drug-likeness (QED) is 0.512. The van der Waals surface area contributed by atoms with Crippen LogP contribution in [0.1, 0.15) is 19.4 Å². The van der Waals surface area contributed by atoms with Crippen LogP contribution in [-0.4, -0.2) is 19.2 Å². The van der Waals surface area contributed by atoms with Gasteiger partial charge in [-0.15, -0.1) is 0 Å². The van der Waals surface area contributed by atoms with E-state index < -0.39 is 11.7 Å². The van der Waals surface area contributed by atoms with Gasteiger partial charge in [-0.1, -0.05) is 17.7 Å². The minimum absolute atomic E-state index is 0.0957. The number of nitrogens with zero attached hydrogens (tertiary/aromatic N) is 1. The van der Waals surface area contributed by atoms with Crippen molar-refractivity contribution >= 4 is 35.6 Å². The third-order valence-corrected chi connectivity index (χ3v) is 3.74. The Morgan fingerprint density at radius 2 is 2.00 bits per heavy atom. The van der Waals surface area contributed by atoms with E-state index in [1.54, 1.807) is 13.8 Å². The topological polar surface area (TPSA) is 50.7 Å². The van der Waals surface area contributed by atoms with Crippen molar-refractivity contribution in [3.63, 3.8) is 0 Å². The van der Waals surface area contributed by atoms with Crippen molar-refractivity contribution < 1.29 is 22.7 Å². The molecule has 26 heavy (non-hydrogen) atoms. The maximum Gasteiger partial charge on any atom is 0.417 e. The second kappa shape index (κ2) is 8.23. The first-order chi connectivity index (χ1) is 12.3. The van der Waals surface area contributed by atoms with Crippen molar-refractivity contribution in [3.05, 3.63) is 40.9 Å². The maximum absolute atomic E-state index is 13.6. The molecule has 2 rings (SSSR count). The monoisotopic (exact) mass is 384 g/mol. The van der Waals surface area contributed by atoms with Gasteiger partial charge in [-0.3, -0.25) is 9.79 Å². The SMILES string of the molecule is CC=Nc1cc(Cl)c(-c2ccc(OCC)c(NC=O)c2)c(C(F)(F)F)c1. The number of alkyl halides is 3. The molecule has 8 heteroatoms. The molecule has 0 radical (unpaired) electrons. The number of benzene rings is 2. The molecule has 0 heterocycles. The summed E-state index contributed by atoms with van der Waals surface area (Å²) in [6, 6.07) is 6.62. The van der Waals surface area contributed by atoms with E-state index in [9.17, 15) is 18.0 Å². The molecule has 0 aliphatic carbocycles. The number of hydrogen-bond donors (Lipinski definition) is 1. The molecule has 0 aliphatic heterocycles. The summed E-state index contributed by atoms with van der Waals surface area (Å²) in [7, 11) is 0. The molecule has 0 aromatic heterocycles. The van der Waals surface area contributed by atoms with Gasteiger partial charge in [0.2, 0.25) is 6.41 Å². The average molecular weight is 385 g/mol. The van der Waals surface area contributed by atoms with Gasteiger partial charge in [-0.25, -0.2) is 0 Å². The van der Waals surface area contributed by atoms with E-state index >= 15 is 0 Å². The van der Waals surface area contributed by atoms with E-state index in [-0.39, 0.29) is 27.5 Å². The maximum atomic E-state index is 13.6. The molecule has 1 amide bonds. The highest BCUT2D eigenvalue weighted by Gasteiger charge is 2.35. The fourth-order valence-corrected chi connectivity index (χ4v) is 2.80. The molecule has 0 atom stereocenters. The Labute approximate surface area is 153 Å². The van der Waals surface area contributed by atoms with Gasteiger partial charge in [0.05, 0.1) is 28.6 Å². The van der Waals surface area contributed by atoms with Crippen LogP contribution in [0.5, 0.6) is 5.75 Å². The number of rotatable bonds is 6. The number of carbonyl (C=O) groups is 1. The predicted molar refractivity (Wildman–Crippen MR) is 96.6 cm³/mol. The lowest BCUT2D eigenvalue weighted by Crippen LogP contribution is -2.08.